The average molecular weight is 580 g/mol. The van der Waals surface area contributed by atoms with Crippen LogP contribution in [0, 0.1) is 17.2 Å². The number of nitrogens with one attached hydrogen (secondary N) is 2. The van der Waals surface area contributed by atoms with Crippen LogP contribution in [0.4, 0.5) is 23.2 Å². The predicted molar refractivity (Wildman–Crippen MR) is 145 cm³/mol. The number of rotatable bonds is 6. The maximum atomic E-state index is 15.4. The van der Waals surface area contributed by atoms with Gasteiger partial charge in [-0.1, -0.05) is 44.5 Å². The summed E-state index contributed by atoms with van der Waals surface area (Å²) in [5.41, 5.74) is -0.590. The number of anilines is 1. The first-order valence-corrected chi connectivity index (χ1v) is 13.3. The van der Waals surface area contributed by atoms with Crippen molar-refractivity contribution in [1.82, 2.24) is 10.3 Å². The van der Waals surface area contributed by atoms with Crippen molar-refractivity contribution in [2.45, 2.75) is 65.3 Å². The molecular formula is C29H30ClF4N3O3. The lowest BCUT2D eigenvalue weighted by Gasteiger charge is -2.30. The number of carbonyl (C=O) groups excluding carboxylic acids is 2. The van der Waals surface area contributed by atoms with Gasteiger partial charge in [-0.25, -0.2) is 9.37 Å². The van der Waals surface area contributed by atoms with Gasteiger partial charge in [-0.2, -0.15) is 13.2 Å². The molecule has 1 saturated carbocycles. The lowest BCUT2D eigenvalue weighted by atomic mass is 9.87. The number of pyridine rings is 1. The number of hydrogen-bond donors (Lipinski definition) is 2. The second-order valence-corrected chi connectivity index (χ2v) is 11.3. The van der Waals surface area contributed by atoms with E-state index in [-0.39, 0.29) is 60.2 Å². The standard InChI is InChI=1S/C29H30ClF4N3O3/c1-28(2,3)27(39)36-15-16-7-12-21(30)23(24(16)31)25(38)37-22-6-4-5-20-19(22)13-14-35-26(20)40-18-10-8-17(9-11-18)29(32,33)34/h4-7,12-14,17-18H,8-11,15H2,1-3H3,(H,36,39)(H,37,38)/t17-,18-. The highest BCUT2D eigenvalue weighted by atomic mass is 35.5. The molecule has 0 spiro atoms. The molecule has 6 nitrogen and oxygen atoms in total. The van der Waals surface area contributed by atoms with E-state index in [1.165, 1.54) is 18.3 Å². The van der Waals surface area contributed by atoms with Gasteiger partial charge >= 0.3 is 6.18 Å². The van der Waals surface area contributed by atoms with Gasteiger partial charge in [0.05, 0.1) is 16.5 Å². The summed E-state index contributed by atoms with van der Waals surface area (Å²) < 4.78 is 60.4. The molecule has 1 aliphatic rings. The zero-order valence-electron chi connectivity index (χ0n) is 22.3. The normalized spacial score (nSPS) is 17.9. The van der Waals surface area contributed by atoms with E-state index in [2.05, 4.69) is 15.6 Å². The molecule has 1 heterocycles. The van der Waals surface area contributed by atoms with Crippen molar-refractivity contribution in [3.8, 4) is 5.88 Å². The van der Waals surface area contributed by atoms with E-state index in [9.17, 15) is 22.8 Å². The van der Waals surface area contributed by atoms with Gasteiger partial charge in [0, 0.05) is 40.2 Å². The summed E-state index contributed by atoms with van der Waals surface area (Å²) in [6.45, 7) is 5.07. The van der Waals surface area contributed by atoms with Crippen molar-refractivity contribution >= 4 is 39.9 Å². The van der Waals surface area contributed by atoms with E-state index in [1.807, 2.05) is 0 Å². The number of aromatic nitrogens is 1. The number of fused-ring (bicyclic) bond motifs is 1. The Labute approximate surface area is 234 Å². The van der Waals surface area contributed by atoms with Crippen LogP contribution in [0.2, 0.25) is 5.02 Å². The quantitative estimate of drug-likeness (QED) is 0.297. The Morgan fingerprint density at radius 3 is 2.38 bits per heavy atom. The average Bonchev–Trinajstić information content (AvgIpc) is 2.88. The SMILES string of the molecule is CC(C)(C)C(=O)NCc1ccc(Cl)c(C(=O)Nc2cccc3c(O[C@H]4CC[C@H](C(F)(F)F)CC4)nccc23)c1F. The van der Waals surface area contributed by atoms with Gasteiger partial charge in [0.1, 0.15) is 11.9 Å². The molecule has 1 fully saturated rings. The molecule has 3 aromatic rings. The van der Waals surface area contributed by atoms with Crippen molar-refractivity contribution in [3.05, 3.63) is 64.6 Å². The molecule has 40 heavy (non-hydrogen) atoms. The minimum atomic E-state index is -4.21. The van der Waals surface area contributed by atoms with E-state index in [4.69, 9.17) is 16.3 Å². The summed E-state index contributed by atoms with van der Waals surface area (Å²) >= 11 is 6.20. The number of alkyl halides is 3. The molecule has 0 radical (unpaired) electrons. The van der Waals surface area contributed by atoms with Gasteiger partial charge in [-0.15, -0.1) is 0 Å². The monoisotopic (exact) mass is 579 g/mol. The number of carbonyl (C=O) groups is 2. The number of benzene rings is 2. The zero-order chi connectivity index (χ0) is 29.2. The summed E-state index contributed by atoms with van der Waals surface area (Å²) in [6, 6.07) is 9.45. The number of ether oxygens (including phenoxy) is 1. The Morgan fingerprint density at radius 1 is 1.02 bits per heavy atom. The van der Waals surface area contributed by atoms with Crippen molar-refractivity contribution in [2.75, 3.05) is 5.32 Å². The first-order valence-electron chi connectivity index (χ1n) is 12.9. The molecule has 4 rings (SSSR count). The Bertz CT molecular complexity index is 1410. The molecule has 214 valence electrons. The smallest absolute Gasteiger partial charge is 0.391 e. The maximum absolute atomic E-state index is 15.4. The van der Waals surface area contributed by atoms with Crippen LogP contribution >= 0.6 is 11.6 Å². The zero-order valence-corrected chi connectivity index (χ0v) is 23.0. The third-order valence-corrected chi connectivity index (χ3v) is 7.27. The van der Waals surface area contributed by atoms with Gasteiger partial charge in [0.15, 0.2) is 0 Å². The Kier molecular flexibility index (Phi) is 8.58. The third kappa shape index (κ3) is 6.66. The summed E-state index contributed by atoms with van der Waals surface area (Å²) in [5, 5.41) is 6.35. The maximum Gasteiger partial charge on any atom is 0.391 e. The first-order chi connectivity index (χ1) is 18.8. The largest absolute Gasteiger partial charge is 0.474 e. The fourth-order valence-electron chi connectivity index (χ4n) is 4.61. The van der Waals surface area contributed by atoms with E-state index in [0.29, 0.717) is 16.5 Å². The molecule has 0 unspecified atom stereocenters. The highest BCUT2D eigenvalue weighted by Crippen LogP contribution is 2.39. The molecule has 1 aromatic heterocycles. The van der Waals surface area contributed by atoms with Gasteiger partial charge in [0.25, 0.3) is 5.91 Å². The van der Waals surface area contributed by atoms with E-state index < -0.39 is 35.3 Å². The summed E-state index contributed by atoms with van der Waals surface area (Å²) in [4.78, 5) is 29.7. The van der Waals surface area contributed by atoms with E-state index in [1.54, 1.807) is 45.0 Å². The van der Waals surface area contributed by atoms with E-state index in [0.717, 1.165) is 0 Å². The van der Waals surface area contributed by atoms with Crippen molar-refractivity contribution in [2.24, 2.45) is 11.3 Å². The highest BCUT2D eigenvalue weighted by Gasteiger charge is 2.42. The van der Waals surface area contributed by atoms with Gasteiger partial charge in [0.2, 0.25) is 11.8 Å². The minimum Gasteiger partial charge on any atom is -0.474 e. The fraction of sp³-hybridized carbons (Fsp3) is 0.414. The van der Waals surface area contributed by atoms with Crippen molar-refractivity contribution in [1.29, 1.82) is 0 Å². The molecule has 2 N–H and O–H groups in total. The van der Waals surface area contributed by atoms with Gasteiger partial charge < -0.3 is 15.4 Å². The minimum absolute atomic E-state index is 0.00842. The van der Waals surface area contributed by atoms with Crippen LogP contribution < -0.4 is 15.4 Å². The van der Waals surface area contributed by atoms with Crippen LogP contribution in [0.1, 0.15) is 62.4 Å². The number of hydrogen-bond acceptors (Lipinski definition) is 4. The van der Waals surface area contributed by atoms with E-state index >= 15 is 4.39 Å². The second-order valence-electron chi connectivity index (χ2n) is 10.9. The molecule has 0 atom stereocenters. The van der Waals surface area contributed by atoms with Crippen LogP contribution in [-0.4, -0.2) is 29.1 Å². The molecule has 0 aliphatic heterocycles. The summed E-state index contributed by atoms with van der Waals surface area (Å²) in [5.74, 6) is -2.99. The van der Waals surface area contributed by atoms with Gasteiger partial charge in [-0.05, 0) is 49.9 Å². The van der Waals surface area contributed by atoms with Crippen LogP contribution in [0.5, 0.6) is 5.88 Å². The molecule has 11 heteroatoms. The number of halogens is 5. The fourth-order valence-corrected chi connectivity index (χ4v) is 4.85. The Morgan fingerprint density at radius 2 is 1.73 bits per heavy atom. The lowest BCUT2D eigenvalue weighted by molar-refractivity contribution is -0.185. The van der Waals surface area contributed by atoms with Crippen LogP contribution in [0.3, 0.4) is 0 Å². The highest BCUT2D eigenvalue weighted by molar-refractivity contribution is 6.34. The molecule has 0 saturated heterocycles. The molecule has 2 amide bonds. The molecule has 0 bridgehead atoms. The second kappa shape index (κ2) is 11.6. The number of amides is 2. The summed E-state index contributed by atoms with van der Waals surface area (Å²) in [7, 11) is 0. The first kappa shape index (κ1) is 29.6. The Balaban J connectivity index is 1.53. The summed E-state index contributed by atoms with van der Waals surface area (Å²) in [6.07, 6.45) is -2.66. The Hall–Kier alpha value is -3.40. The van der Waals surface area contributed by atoms with Crippen LogP contribution in [-0.2, 0) is 11.3 Å². The predicted octanol–water partition coefficient (Wildman–Crippen LogP) is 7.44. The van der Waals surface area contributed by atoms with Gasteiger partial charge in [-0.3, -0.25) is 9.59 Å². The molecule has 1 aliphatic carbocycles. The topological polar surface area (TPSA) is 80.3 Å². The third-order valence-electron chi connectivity index (χ3n) is 6.95. The molecular weight excluding hydrogens is 550 g/mol. The van der Waals surface area contributed by atoms with Crippen LogP contribution in [0.15, 0.2) is 42.6 Å². The van der Waals surface area contributed by atoms with Crippen molar-refractivity contribution in [3.63, 3.8) is 0 Å². The number of nitrogens with zero attached hydrogens (tertiary/aromatic N) is 1. The van der Waals surface area contributed by atoms with Crippen LogP contribution in [0.25, 0.3) is 10.8 Å². The lowest BCUT2D eigenvalue weighted by Crippen LogP contribution is -2.34. The van der Waals surface area contributed by atoms with Crippen molar-refractivity contribution < 1.29 is 31.9 Å². The molecule has 2 aromatic carbocycles.